The average molecular weight is 248 g/mol. The number of hydrogen-bond acceptors (Lipinski definition) is 4. The molecule has 0 bridgehead atoms. The van der Waals surface area contributed by atoms with E-state index < -0.39 is 11.6 Å². The summed E-state index contributed by atoms with van der Waals surface area (Å²) in [6.07, 6.45) is 1.32. The molecule has 1 aromatic carbocycles. The number of hydrogen-bond donors (Lipinski definition) is 0. The van der Waals surface area contributed by atoms with Crippen LogP contribution in [0.2, 0.25) is 0 Å². The fourth-order valence-electron chi connectivity index (χ4n) is 1.24. The van der Waals surface area contributed by atoms with E-state index in [1.54, 1.807) is 51.0 Å². The molecule has 0 N–H and O–H groups in total. The van der Waals surface area contributed by atoms with Crippen molar-refractivity contribution in [2.75, 3.05) is 6.61 Å². The first-order chi connectivity index (χ1) is 8.40. The molecule has 1 rings (SSSR count). The predicted molar refractivity (Wildman–Crippen MR) is 67.9 cm³/mol. The van der Waals surface area contributed by atoms with E-state index in [1.165, 1.54) is 6.08 Å². The van der Waals surface area contributed by atoms with Gasteiger partial charge in [0.15, 0.2) is 6.61 Å². The van der Waals surface area contributed by atoms with Crippen LogP contribution in [0.4, 0.5) is 0 Å². The van der Waals surface area contributed by atoms with Crippen molar-refractivity contribution in [2.24, 2.45) is 0 Å². The Morgan fingerprint density at radius 1 is 1.28 bits per heavy atom. The lowest BCUT2D eigenvalue weighted by Gasteiger charge is -2.19. The van der Waals surface area contributed by atoms with E-state index >= 15 is 0 Å². The van der Waals surface area contributed by atoms with E-state index in [4.69, 9.17) is 9.47 Å². The SMILES string of the molecule is CC(C)(C)OC(=O)COc1ccc(C=C=O)cc1. The van der Waals surface area contributed by atoms with Crippen molar-refractivity contribution in [3.05, 3.63) is 29.8 Å². The Labute approximate surface area is 106 Å². The summed E-state index contributed by atoms with van der Waals surface area (Å²) in [7, 11) is 0. The molecule has 18 heavy (non-hydrogen) atoms. The largest absolute Gasteiger partial charge is 0.482 e. The minimum Gasteiger partial charge on any atom is -0.482 e. The summed E-state index contributed by atoms with van der Waals surface area (Å²) in [5.41, 5.74) is 0.216. The number of ether oxygens (including phenoxy) is 2. The van der Waals surface area contributed by atoms with Gasteiger partial charge in [0.05, 0.1) is 0 Å². The standard InChI is InChI=1S/C14H16O4/c1-14(2,3)18-13(16)10-17-12-6-4-11(5-7-12)8-9-15/h4-8H,10H2,1-3H3. The molecular formula is C14H16O4. The van der Waals surface area contributed by atoms with Gasteiger partial charge in [-0.15, -0.1) is 0 Å². The van der Waals surface area contributed by atoms with E-state index in [1.807, 2.05) is 0 Å². The summed E-state index contributed by atoms with van der Waals surface area (Å²) in [5, 5.41) is 0. The van der Waals surface area contributed by atoms with Crippen molar-refractivity contribution in [1.29, 1.82) is 0 Å². The zero-order valence-electron chi connectivity index (χ0n) is 10.7. The van der Waals surface area contributed by atoms with Crippen molar-refractivity contribution in [2.45, 2.75) is 26.4 Å². The lowest BCUT2D eigenvalue weighted by Crippen LogP contribution is -2.27. The lowest BCUT2D eigenvalue weighted by molar-refractivity contribution is -0.157. The zero-order valence-corrected chi connectivity index (χ0v) is 10.7. The van der Waals surface area contributed by atoms with Gasteiger partial charge in [0.1, 0.15) is 17.3 Å². The molecule has 0 saturated carbocycles. The molecule has 0 saturated heterocycles. The minimum atomic E-state index is -0.515. The number of carbonyl (C=O) groups excluding carboxylic acids is 2. The summed E-state index contributed by atoms with van der Waals surface area (Å²) in [6, 6.07) is 6.76. The molecule has 4 nitrogen and oxygen atoms in total. The van der Waals surface area contributed by atoms with Crippen LogP contribution in [0.25, 0.3) is 6.08 Å². The van der Waals surface area contributed by atoms with Gasteiger partial charge in [0.2, 0.25) is 0 Å². The van der Waals surface area contributed by atoms with Crippen molar-refractivity contribution in [3.63, 3.8) is 0 Å². The van der Waals surface area contributed by atoms with Gasteiger partial charge in [-0.3, -0.25) is 0 Å². The average Bonchev–Trinajstić information content (AvgIpc) is 2.26. The molecule has 0 spiro atoms. The third kappa shape index (κ3) is 5.32. The molecule has 1 aromatic rings. The molecule has 0 aromatic heterocycles. The molecule has 0 amide bonds. The van der Waals surface area contributed by atoms with Gasteiger partial charge in [-0.1, -0.05) is 12.1 Å². The highest BCUT2D eigenvalue weighted by molar-refractivity contribution is 5.74. The second-order valence-electron chi connectivity index (χ2n) is 4.71. The maximum absolute atomic E-state index is 11.4. The van der Waals surface area contributed by atoms with Crippen LogP contribution in [-0.4, -0.2) is 24.1 Å². The summed E-state index contributed by atoms with van der Waals surface area (Å²) in [4.78, 5) is 21.5. The van der Waals surface area contributed by atoms with Crippen LogP contribution in [-0.2, 0) is 14.3 Å². The van der Waals surface area contributed by atoms with Crippen LogP contribution in [0.15, 0.2) is 24.3 Å². The number of benzene rings is 1. The minimum absolute atomic E-state index is 0.139. The summed E-state index contributed by atoms with van der Waals surface area (Å²) < 4.78 is 10.4. The van der Waals surface area contributed by atoms with E-state index in [0.717, 1.165) is 5.56 Å². The third-order valence-electron chi connectivity index (χ3n) is 1.88. The smallest absolute Gasteiger partial charge is 0.344 e. The summed E-state index contributed by atoms with van der Waals surface area (Å²) >= 11 is 0. The van der Waals surface area contributed by atoms with Crippen LogP contribution in [0.1, 0.15) is 26.3 Å². The Kier molecular flexibility index (Phi) is 4.69. The zero-order chi connectivity index (χ0) is 13.6. The van der Waals surface area contributed by atoms with Crippen molar-refractivity contribution >= 4 is 18.0 Å². The Hall–Kier alpha value is -2.06. The van der Waals surface area contributed by atoms with Crippen LogP contribution in [0.5, 0.6) is 5.75 Å². The van der Waals surface area contributed by atoms with Gasteiger partial charge in [-0.2, -0.15) is 0 Å². The summed E-state index contributed by atoms with van der Waals surface area (Å²) in [5.74, 6) is 1.82. The van der Waals surface area contributed by atoms with Gasteiger partial charge >= 0.3 is 5.97 Å². The van der Waals surface area contributed by atoms with Gasteiger partial charge < -0.3 is 9.47 Å². The molecule has 0 heterocycles. The van der Waals surface area contributed by atoms with Crippen molar-refractivity contribution < 1.29 is 19.1 Å². The van der Waals surface area contributed by atoms with Gasteiger partial charge in [0.25, 0.3) is 0 Å². The maximum atomic E-state index is 11.4. The quantitative estimate of drug-likeness (QED) is 0.605. The fraction of sp³-hybridized carbons (Fsp3) is 0.357. The Morgan fingerprint density at radius 2 is 1.89 bits per heavy atom. The number of esters is 1. The Morgan fingerprint density at radius 3 is 2.39 bits per heavy atom. The van der Waals surface area contributed by atoms with E-state index in [-0.39, 0.29) is 6.61 Å². The molecular weight excluding hydrogens is 232 g/mol. The van der Waals surface area contributed by atoms with Gasteiger partial charge in [0, 0.05) is 6.08 Å². The highest BCUT2D eigenvalue weighted by Gasteiger charge is 2.16. The van der Waals surface area contributed by atoms with Crippen molar-refractivity contribution in [1.82, 2.24) is 0 Å². The van der Waals surface area contributed by atoms with Gasteiger partial charge in [-0.25, -0.2) is 9.59 Å². The first-order valence-corrected chi connectivity index (χ1v) is 5.56. The molecule has 96 valence electrons. The monoisotopic (exact) mass is 248 g/mol. The highest BCUT2D eigenvalue weighted by atomic mass is 16.6. The molecule has 4 heteroatoms. The van der Waals surface area contributed by atoms with Crippen LogP contribution in [0, 0.1) is 0 Å². The number of rotatable bonds is 4. The number of carbonyl (C=O) groups is 1. The van der Waals surface area contributed by atoms with Gasteiger partial charge in [-0.05, 0) is 38.5 Å². The topological polar surface area (TPSA) is 52.6 Å². The molecule has 0 fully saturated rings. The molecule has 0 radical (unpaired) electrons. The van der Waals surface area contributed by atoms with Crippen LogP contribution in [0.3, 0.4) is 0 Å². The Bertz CT molecular complexity index is 448. The molecule has 0 atom stereocenters. The molecule has 0 aliphatic rings. The molecule has 0 aliphatic heterocycles. The second kappa shape index (κ2) is 6.03. The van der Waals surface area contributed by atoms with E-state index in [9.17, 15) is 9.59 Å². The summed E-state index contributed by atoms with van der Waals surface area (Å²) in [6.45, 7) is 5.25. The van der Waals surface area contributed by atoms with E-state index in [0.29, 0.717) is 5.75 Å². The Balaban J connectivity index is 2.49. The fourth-order valence-corrected chi connectivity index (χ4v) is 1.24. The maximum Gasteiger partial charge on any atom is 0.344 e. The van der Waals surface area contributed by atoms with Crippen LogP contribution < -0.4 is 4.74 Å². The molecule has 0 unspecified atom stereocenters. The highest BCUT2D eigenvalue weighted by Crippen LogP contribution is 2.13. The van der Waals surface area contributed by atoms with Crippen molar-refractivity contribution in [3.8, 4) is 5.75 Å². The van der Waals surface area contributed by atoms with E-state index in [2.05, 4.69) is 0 Å². The normalized spacial score (nSPS) is 10.4. The lowest BCUT2D eigenvalue weighted by atomic mass is 10.2. The first-order valence-electron chi connectivity index (χ1n) is 5.56. The molecule has 0 aliphatic carbocycles. The first kappa shape index (κ1) is 14.0. The third-order valence-corrected chi connectivity index (χ3v) is 1.88. The second-order valence-corrected chi connectivity index (χ2v) is 4.71. The predicted octanol–water partition coefficient (Wildman–Crippen LogP) is 2.25. The van der Waals surface area contributed by atoms with Crippen LogP contribution >= 0.6 is 0 Å².